The number of hydrogen-bond acceptors (Lipinski definition) is 18. The van der Waals surface area contributed by atoms with Crippen molar-refractivity contribution in [1.82, 2.24) is 0 Å². The molecule has 10 N–H and O–H groups in total. The van der Waals surface area contributed by atoms with Crippen LogP contribution in [0.1, 0.15) is 28.4 Å². The molecule has 6 rings (SSSR count). The second kappa shape index (κ2) is 14.9. The van der Waals surface area contributed by atoms with Crippen LogP contribution in [-0.2, 0) is 18.9 Å². The summed E-state index contributed by atoms with van der Waals surface area (Å²) in [4.78, 5) is 13.0. The third-order valence-corrected chi connectivity index (χ3v) is 9.19. The van der Waals surface area contributed by atoms with E-state index in [2.05, 4.69) is 0 Å². The van der Waals surface area contributed by atoms with Crippen LogP contribution < -0.4 is 14.2 Å². The normalized spacial score (nSPS) is 40.2. The first-order chi connectivity index (χ1) is 23.9. The molecule has 0 bridgehead atoms. The molecule has 50 heavy (non-hydrogen) atoms. The van der Waals surface area contributed by atoms with Gasteiger partial charge in [0.05, 0.1) is 38.4 Å². The SMILES string of the molecule is O=C1C[C@@H](c2ccc(O[C@@H]3O[C@@H](CO)[C@@H](O)[C@H](O)[C@H]3O[C@@H]3OC[C@@](O)(CO)[C@@H]3O)cc2)Oc2cc(O[C@@H]3O[C@@H](CO)[C@@H](O)[C@H](O)[C@@H]3O)ccc21. The van der Waals surface area contributed by atoms with E-state index >= 15 is 0 Å². The van der Waals surface area contributed by atoms with Gasteiger partial charge in [0.15, 0.2) is 18.2 Å². The maximum Gasteiger partial charge on any atom is 0.229 e. The molecular formula is C32H40O18. The fourth-order valence-corrected chi connectivity index (χ4v) is 6.12. The van der Waals surface area contributed by atoms with Crippen molar-refractivity contribution >= 4 is 5.78 Å². The summed E-state index contributed by atoms with van der Waals surface area (Å²) in [6.45, 7) is -2.63. The van der Waals surface area contributed by atoms with Crippen molar-refractivity contribution in [2.45, 2.75) is 91.9 Å². The zero-order valence-corrected chi connectivity index (χ0v) is 26.3. The number of Topliss-reactive ketones (excluding diaryl/α,β-unsaturated/α-hetero) is 1. The van der Waals surface area contributed by atoms with Gasteiger partial charge in [0, 0.05) is 6.07 Å². The molecule has 0 aromatic heterocycles. The maximum atomic E-state index is 13.0. The number of carbonyl (C=O) groups excluding carboxylic acids is 1. The minimum atomic E-state index is -2.02. The highest BCUT2D eigenvalue weighted by atomic mass is 16.8. The van der Waals surface area contributed by atoms with Gasteiger partial charge in [-0.15, -0.1) is 0 Å². The summed E-state index contributed by atoms with van der Waals surface area (Å²) in [5.41, 5.74) is -1.19. The summed E-state index contributed by atoms with van der Waals surface area (Å²) in [7, 11) is 0. The first kappa shape index (κ1) is 36.7. The molecule has 2 aromatic carbocycles. The lowest BCUT2D eigenvalue weighted by Gasteiger charge is -2.42. The third kappa shape index (κ3) is 7.05. The molecule has 14 atom stereocenters. The van der Waals surface area contributed by atoms with Crippen LogP contribution in [0.2, 0.25) is 0 Å². The van der Waals surface area contributed by atoms with Gasteiger partial charge in [0.2, 0.25) is 12.6 Å². The van der Waals surface area contributed by atoms with Gasteiger partial charge in [0.1, 0.15) is 77.8 Å². The van der Waals surface area contributed by atoms with E-state index in [0.717, 1.165) is 0 Å². The topological polar surface area (TPSA) is 284 Å². The van der Waals surface area contributed by atoms with Crippen LogP contribution in [0.15, 0.2) is 42.5 Å². The summed E-state index contributed by atoms with van der Waals surface area (Å²) < 4.78 is 39.7. The number of carbonyl (C=O) groups is 1. The Morgan fingerprint density at radius 2 is 1.36 bits per heavy atom. The van der Waals surface area contributed by atoms with E-state index in [9.17, 15) is 55.9 Å². The summed E-state index contributed by atoms with van der Waals surface area (Å²) >= 11 is 0. The molecule has 18 heteroatoms. The summed E-state index contributed by atoms with van der Waals surface area (Å²) in [6, 6.07) is 10.5. The Bertz CT molecular complexity index is 1470. The molecule has 4 aliphatic rings. The molecule has 4 aliphatic heterocycles. The number of ether oxygens (including phenoxy) is 7. The molecule has 3 saturated heterocycles. The highest BCUT2D eigenvalue weighted by molar-refractivity contribution is 6.00. The van der Waals surface area contributed by atoms with Gasteiger partial charge in [0.25, 0.3) is 0 Å². The zero-order valence-electron chi connectivity index (χ0n) is 26.3. The quantitative estimate of drug-likeness (QED) is 0.113. The number of rotatable bonds is 10. The first-order valence-corrected chi connectivity index (χ1v) is 15.9. The Labute approximate surface area is 284 Å². The van der Waals surface area contributed by atoms with Crippen LogP contribution in [0.4, 0.5) is 0 Å². The monoisotopic (exact) mass is 712 g/mol. The van der Waals surface area contributed by atoms with Crippen molar-refractivity contribution in [3.8, 4) is 17.2 Å². The van der Waals surface area contributed by atoms with E-state index < -0.39 is 112 Å². The number of aliphatic hydroxyl groups is 10. The standard InChI is InChI=1S/C32H40O18/c33-9-20-22(37)24(39)26(41)29(48-20)46-15-5-6-16-17(36)8-18(47-19(16)7-15)13-1-3-14(4-2-13)45-30-27(25(40)23(38)21(10-34)49-30)50-31-28(42)32(43,11-35)12-44-31/h1-7,18,20-31,33-35,37-43H,8-12H2/t18-,20-,21-,22+,23+,24-,25-,26-,27+,28+,29+,30+,31-,32-/m0/s1. The minimum absolute atomic E-state index is 0.0199. The Morgan fingerprint density at radius 3 is 2.00 bits per heavy atom. The average Bonchev–Trinajstić information content (AvgIpc) is 3.40. The Balaban J connectivity index is 1.14. The largest absolute Gasteiger partial charge is 0.484 e. The lowest BCUT2D eigenvalue weighted by atomic mass is 9.96. The van der Waals surface area contributed by atoms with E-state index in [-0.39, 0.29) is 35.0 Å². The van der Waals surface area contributed by atoms with Crippen molar-refractivity contribution in [3.05, 3.63) is 53.6 Å². The molecule has 276 valence electrons. The van der Waals surface area contributed by atoms with Crippen LogP contribution >= 0.6 is 0 Å². The van der Waals surface area contributed by atoms with E-state index in [1.54, 1.807) is 12.1 Å². The second-order valence-corrected chi connectivity index (χ2v) is 12.6. The number of ketones is 1. The van der Waals surface area contributed by atoms with E-state index in [1.807, 2.05) is 0 Å². The molecule has 0 radical (unpaired) electrons. The third-order valence-electron chi connectivity index (χ3n) is 9.19. The number of aliphatic hydroxyl groups excluding tert-OH is 9. The molecule has 0 unspecified atom stereocenters. The summed E-state index contributed by atoms with van der Waals surface area (Å²) in [5, 5.41) is 101. The lowest BCUT2D eigenvalue weighted by Crippen LogP contribution is -2.62. The Kier molecular flexibility index (Phi) is 10.9. The number of hydrogen-bond donors (Lipinski definition) is 10. The predicted molar refractivity (Wildman–Crippen MR) is 161 cm³/mol. The molecule has 18 nitrogen and oxygen atoms in total. The molecule has 0 amide bonds. The van der Waals surface area contributed by atoms with Crippen molar-refractivity contribution in [2.24, 2.45) is 0 Å². The summed E-state index contributed by atoms with van der Waals surface area (Å²) in [5.74, 6) is 0.208. The van der Waals surface area contributed by atoms with Crippen molar-refractivity contribution in [2.75, 3.05) is 26.4 Å². The highest BCUT2D eigenvalue weighted by Gasteiger charge is 2.53. The van der Waals surface area contributed by atoms with Crippen LogP contribution in [-0.4, -0.2) is 163 Å². The zero-order chi connectivity index (χ0) is 35.9. The van der Waals surface area contributed by atoms with Gasteiger partial charge in [-0.25, -0.2) is 0 Å². The van der Waals surface area contributed by atoms with Gasteiger partial charge < -0.3 is 84.2 Å². The molecule has 3 fully saturated rings. The van der Waals surface area contributed by atoms with Crippen LogP contribution in [0, 0.1) is 0 Å². The van der Waals surface area contributed by atoms with Gasteiger partial charge in [-0.1, -0.05) is 12.1 Å². The van der Waals surface area contributed by atoms with E-state index in [0.29, 0.717) is 5.56 Å². The van der Waals surface area contributed by atoms with Gasteiger partial charge >= 0.3 is 0 Å². The number of benzene rings is 2. The lowest BCUT2D eigenvalue weighted by molar-refractivity contribution is -0.318. The Hall–Kier alpha value is -3.05. The van der Waals surface area contributed by atoms with Gasteiger partial charge in [-0.2, -0.15) is 0 Å². The minimum Gasteiger partial charge on any atom is -0.484 e. The van der Waals surface area contributed by atoms with E-state index in [4.69, 9.17) is 33.2 Å². The van der Waals surface area contributed by atoms with Crippen LogP contribution in [0.5, 0.6) is 17.2 Å². The van der Waals surface area contributed by atoms with Gasteiger partial charge in [-0.3, -0.25) is 4.79 Å². The molecule has 4 heterocycles. The molecule has 2 aromatic rings. The van der Waals surface area contributed by atoms with Crippen molar-refractivity contribution < 1.29 is 89.0 Å². The summed E-state index contributed by atoms with van der Waals surface area (Å²) in [6.07, 6.45) is -19.0. The molecule has 0 aliphatic carbocycles. The predicted octanol–water partition coefficient (Wildman–Crippen LogP) is -3.78. The fourth-order valence-electron chi connectivity index (χ4n) is 6.12. The van der Waals surface area contributed by atoms with Gasteiger partial charge in [-0.05, 0) is 29.8 Å². The van der Waals surface area contributed by atoms with Crippen molar-refractivity contribution in [3.63, 3.8) is 0 Å². The van der Waals surface area contributed by atoms with Crippen LogP contribution in [0.25, 0.3) is 0 Å². The highest BCUT2D eigenvalue weighted by Crippen LogP contribution is 2.39. The maximum absolute atomic E-state index is 13.0. The average molecular weight is 713 g/mol. The smallest absolute Gasteiger partial charge is 0.229 e. The van der Waals surface area contributed by atoms with E-state index in [1.165, 1.54) is 30.3 Å². The fraction of sp³-hybridized carbons (Fsp3) is 0.594. The molecule has 0 saturated carbocycles. The molecular weight excluding hydrogens is 672 g/mol. The number of fused-ring (bicyclic) bond motifs is 1. The first-order valence-electron chi connectivity index (χ1n) is 15.9. The van der Waals surface area contributed by atoms with Crippen molar-refractivity contribution in [1.29, 1.82) is 0 Å². The Morgan fingerprint density at radius 1 is 0.740 bits per heavy atom. The molecule has 0 spiro atoms. The van der Waals surface area contributed by atoms with Crippen LogP contribution in [0.3, 0.4) is 0 Å². The second-order valence-electron chi connectivity index (χ2n) is 12.6.